The average molecular weight is 337 g/mol. The van der Waals surface area contributed by atoms with Gasteiger partial charge in [0, 0.05) is 19.0 Å². The van der Waals surface area contributed by atoms with Gasteiger partial charge in [0.2, 0.25) is 5.95 Å². The van der Waals surface area contributed by atoms with E-state index in [1.54, 1.807) is 0 Å². The van der Waals surface area contributed by atoms with Crippen molar-refractivity contribution in [2.24, 2.45) is 5.92 Å². The van der Waals surface area contributed by atoms with Crippen molar-refractivity contribution in [1.29, 1.82) is 0 Å². The first-order chi connectivity index (χ1) is 12.2. The Balaban J connectivity index is 1.70. The molecule has 0 unspecified atom stereocenters. The van der Waals surface area contributed by atoms with E-state index in [-0.39, 0.29) is 11.7 Å². The molecule has 1 aliphatic heterocycles. The predicted molar refractivity (Wildman–Crippen MR) is 96.2 cm³/mol. The zero-order chi connectivity index (χ0) is 17.2. The molecule has 0 amide bonds. The van der Waals surface area contributed by atoms with Crippen LogP contribution in [0.4, 0.5) is 10.3 Å². The zero-order valence-electron chi connectivity index (χ0n) is 13.9. The summed E-state index contributed by atoms with van der Waals surface area (Å²) in [4.78, 5) is 18.1. The second-order valence-corrected chi connectivity index (χ2v) is 6.57. The summed E-state index contributed by atoms with van der Waals surface area (Å²) in [6.45, 7) is 2.30. The summed E-state index contributed by atoms with van der Waals surface area (Å²) < 4.78 is 15.4. The number of aldehydes is 1. The maximum absolute atomic E-state index is 13.2. The number of piperidine rings is 1. The second-order valence-electron chi connectivity index (χ2n) is 6.57. The lowest BCUT2D eigenvalue weighted by Crippen LogP contribution is -2.36. The fourth-order valence-electron chi connectivity index (χ4n) is 3.47. The fraction of sp³-hybridized carbons (Fsp3) is 0.300. The van der Waals surface area contributed by atoms with Crippen molar-refractivity contribution in [3.63, 3.8) is 0 Å². The van der Waals surface area contributed by atoms with Crippen LogP contribution >= 0.6 is 0 Å². The summed E-state index contributed by atoms with van der Waals surface area (Å²) in [6.07, 6.45) is 2.80. The van der Waals surface area contributed by atoms with Crippen LogP contribution in [0.3, 0.4) is 0 Å². The largest absolute Gasteiger partial charge is 0.342 e. The van der Waals surface area contributed by atoms with Gasteiger partial charge in [-0.05, 0) is 42.7 Å². The van der Waals surface area contributed by atoms with Crippen molar-refractivity contribution in [3.05, 3.63) is 59.9 Å². The minimum atomic E-state index is -0.226. The maximum atomic E-state index is 13.2. The summed E-state index contributed by atoms with van der Waals surface area (Å²) in [5.74, 6) is 0.858. The highest BCUT2D eigenvalue weighted by atomic mass is 19.1. The van der Waals surface area contributed by atoms with Gasteiger partial charge in [-0.15, -0.1) is 0 Å². The summed E-state index contributed by atoms with van der Waals surface area (Å²) in [5, 5.41) is 0. The molecule has 5 heteroatoms. The molecule has 0 aliphatic carbocycles. The fourth-order valence-corrected chi connectivity index (χ4v) is 3.47. The van der Waals surface area contributed by atoms with Gasteiger partial charge in [0.15, 0.2) is 0 Å². The Kier molecular flexibility index (Phi) is 4.22. The van der Waals surface area contributed by atoms with E-state index >= 15 is 0 Å². The van der Waals surface area contributed by atoms with Crippen LogP contribution in [0.5, 0.6) is 0 Å². The van der Waals surface area contributed by atoms with E-state index < -0.39 is 0 Å². The smallest absolute Gasteiger partial charge is 0.206 e. The number of para-hydroxylation sites is 2. The van der Waals surface area contributed by atoms with Crippen LogP contribution in [-0.4, -0.2) is 28.9 Å². The summed E-state index contributed by atoms with van der Waals surface area (Å²) in [6, 6.07) is 14.7. The number of fused-ring (bicyclic) bond motifs is 1. The van der Waals surface area contributed by atoms with Crippen LogP contribution in [0.1, 0.15) is 18.4 Å². The van der Waals surface area contributed by atoms with Gasteiger partial charge in [-0.1, -0.05) is 24.3 Å². The number of aromatic nitrogens is 2. The number of hydrogen-bond acceptors (Lipinski definition) is 3. The number of imidazole rings is 1. The SMILES string of the molecule is O=CC1CCN(c2nc3ccccc3n2Cc2ccc(F)cc2)CC1. The normalized spacial score (nSPS) is 15.6. The van der Waals surface area contributed by atoms with Gasteiger partial charge >= 0.3 is 0 Å². The van der Waals surface area contributed by atoms with Gasteiger partial charge in [-0.2, -0.15) is 0 Å². The minimum Gasteiger partial charge on any atom is -0.342 e. The molecule has 0 bridgehead atoms. The number of hydrogen-bond donors (Lipinski definition) is 0. The first-order valence-electron chi connectivity index (χ1n) is 8.64. The van der Waals surface area contributed by atoms with Gasteiger partial charge in [-0.25, -0.2) is 9.37 Å². The highest BCUT2D eigenvalue weighted by molar-refractivity contribution is 5.79. The van der Waals surface area contributed by atoms with Gasteiger partial charge in [0.25, 0.3) is 0 Å². The molecule has 0 radical (unpaired) electrons. The van der Waals surface area contributed by atoms with Crippen molar-refractivity contribution in [2.45, 2.75) is 19.4 Å². The van der Waals surface area contributed by atoms with Gasteiger partial charge in [0.05, 0.1) is 17.6 Å². The third kappa shape index (κ3) is 3.14. The molecule has 0 N–H and O–H groups in total. The molecule has 3 aromatic rings. The Morgan fingerprint density at radius 3 is 2.52 bits per heavy atom. The topological polar surface area (TPSA) is 38.1 Å². The van der Waals surface area contributed by atoms with Gasteiger partial charge in [0.1, 0.15) is 12.1 Å². The van der Waals surface area contributed by atoms with Crippen molar-refractivity contribution in [3.8, 4) is 0 Å². The highest BCUT2D eigenvalue weighted by Crippen LogP contribution is 2.27. The van der Waals surface area contributed by atoms with E-state index in [0.717, 1.165) is 54.8 Å². The number of nitrogens with zero attached hydrogens (tertiary/aromatic N) is 3. The Labute approximate surface area is 145 Å². The molecule has 1 aliphatic rings. The molecule has 0 spiro atoms. The molecular weight excluding hydrogens is 317 g/mol. The standard InChI is InChI=1S/C20H20FN3O/c21-17-7-5-15(6-8-17)13-24-19-4-2-1-3-18(19)22-20(24)23-11-9-16(14-25)10-12-23/h1-8,14,16H,9-13H2. The Hall–Kier alpha value is -2.69. The van der Waals surface area contributed by atoms with E-state index in [0.29, 0.717) is 6.54 Å². The number of carbonyl (C=O) groups is 1. The maximum Gasteiger partial charge on any atom is 0.206 e. The number of anilines is 1. The molecular formula is C20H20FN3O. The van der Waals surface area contributed by atoms with Crippen molar-refractivity contribution < 1.29 is 9.18 Å². The van der Waals surface area contributed by atoms with Crippen LogP contribution in [0.25, 0.3) is 11.0 Å². The summed E-state index contributed by atoms with van der Waals surface area (Å²) in [7, 11) is 0. The molecule has 1 saturated heterocycles. The first-order valence-corrected chi connectivity index (χ1v) is 8.64. The molecule has 25 heavy (non-hydrogen) atoms. The quantitative estimate of drug-likeness (QED) is 0.682. The molecule has 4 nitrogen and oxygen atoms in total. The number of rotatable bonds is 4. The lowest BCUT2D eigenvalue weighted by molar-refractivity contribution is -0.111. The third-order valence-corrected chi connectivity index (χ3v) is 4.90. The first kappa shape index (κ1) is 15.8. The monoisotopic (exact) mass is 337 g/mol. The van der Waals surface area contributed by atoms with Crippen LogP contribution < -0.4 is 4.90 Å². The molecule has 2 aromatic carbocycles. The van der Waals surface area contributed by atoms with Crippen molar-refractivity contribution in [2.75, 3.05) is 18.0 Å². The Morgan fingerprint density at radius 2 is 1.80 bits per heavy atom. The number of benzene rings is 2. The molecule has 0 atom stereocenters. The molecule has 2 heterocycles. The Bertz CT molecular complexity index is 880. The molecule has 4 rings (SSSR count). The van der Waals surface area contributed by atoms with Gasteiger partial charge < -0.3 is 14.3 Å². The molecule has 128 valence electrons. The summed E-state index contributed by atoms with van der Waals surface area (Å²) in [5.41, 5.74) is 3.06. The second kappa shape index (κ2) is 6.67. The van der Waals surface area contributed by atoms with E-state index in [1.165, 1.54) is 12.1 Å². The highest BCUT2D eigenvalue weighted by Gasteiger charge is 2.23. The van der Waals surface area contributed by atoms with E-state index in [2.05, 4.69) is 15.5 Å². The minimum absolute atomic E-state index is 0.158. The molecule has 0 saturated carbocycles. The lowest BCUT2D eigenvalue weighted by atomic mass is 9.99. The van der Waals surface area contributed by atoms with E-state index in [1.807, 2.05) is 30.3 Å². The molecule has 1 fully saturated rings. The molecule has 1 aromatic heterocycles. The van der Waals surface area contributed by atoms with Gasteiger partial charge in [-0.3, -0.25) is 0 Å². The lowest BCUT2D eigenvalue weighted by Gasteiger charge is -2.31. The van der Waals surface area contributed by atoms with E-state index in [9.17, 15) is 9.18 Å². The van der Waals surface area contributed by atoms with Crippen molar-refractivity contribution >= 4 is 23.3 Å². The van der Waals surface area contributed by atoms with E-state index in [4.69, 9.17) is 4.98 Å². The Morgan fingerprint density at radius 1 is 1.08 bits per heavy atom. The van der Waals surface area contributed by atoms with Crippen LogP contribution in [0.15, 0.2) is 48.5 Å². The van der Waals surface area contributed by atoms with Crippen LogP contribution in [0.2, 0.25) is 0 Å². The zero-order valence-corrected chi connectivity index (χ0v) is 13.9. The third-order valence-electron chi connectivity index (χ3n) is 4.90. The number of carbonyl (C=O) groups excluding carboxylic acids is 1. The average Bonchev–Trinajstić information content (AvgIpc) is 3.02. The van der Waals surface area contributed by atoms with Crippen LogP contribution in [-0.2, 0) is 11.3 Å². The number of halogens is 1. The summed E-state index contributed by atoms with van der Waals surface area (Å²) >= 11 is 0. The van der Waals surface area contributed by atoms with Crippen molar-refractivity contribution in [1.82, 2.24) is 9.55 Å². The predicted octanol–water partition coefficient (Wildman–Crippen LogP) is 3.64. The van der Waals surface area contributed by atoms with Crippen LogP contribution in [0, 0.1) is 11.7 Å².